The molecule has 1 fully saturated rings. The van der Waals surface area contributed by atoms with E-state index < -0.39 is 0 Å². The number of fused-ring (bicyclic) bond motifs is 1. The Morgan fingerprint density at radius 2 is 1.92 bits per heavy atom. The predicted molar refractivity (Wildman–Crippen MR) is 102 cm³/mol. The van der Waals surface area contributed by atoms with Crippen LogP contribution in [0.1, 0.15) is 57.1 Å². The molecule has 0 bridgehead atoms. The summed E-state index contributed by atoms with van der Waals surface area (Å²) in [4.78, 5) is 30.2. The highest BCUT2D eigenvalue weighted by Crippen LogP contribution is 2.25. The molecule has 1 aromatic carbocycles. The molecule has 0 atom stereocenters. The van der Waals surface area contributed by atoms with Gasteiger partial charge < -0.3 is 9.88 Å². The lowest BCUT2D eigenvalue weighted by Gasteiger charge is -2.35. The second-order valence-electron chi connectivity index (χ2n) is 7.63. The summed E-state index contributed by atoms with van der Waals surface area (Å²) in [7, 11) is 0. The minimum atomic E-state index is -0.0891. The highest BCUT2D eigenvalue weighted by Gasteiger charge is 2.27. The zero-order valence-electron chi connectivity index (χ0n) is 15.5. The van der Waals surface area contributed by atoms with E-state index in [9.17, 15) is 9.59 Å². The molecule has 0 spiro atoms. The van der Waals surface area contributed by atoms with Crippen molar-refractivity contribution >= 4 is 16.8 Å². The van der Waals surface area contributed by atoms with Gasteiger partial charge in [0.05, 0.1) is 6.54 Å². The van der Waals surface area contributed by atoms with Crippen LogP contribution < -0.4 is 5.56 Å². The van der Waals surface area contributed by atoms with Gasteiger partial charge in [0.25, 0.3) is 5.56 Å². The van der Waals surface area contributed by atoms with Crippen LogP contribution in [-0.4, -0.2) is 21.8 Å². The fourth-order valence-electron chi connectivity index (χ4n) is 3.78. The zero-order chi connectivity index (χ0) is 18.0. The van der Waals surface area contributed by atoms with Crippen molar-refractivity contribution in [1.82, 2.24) is 9.88 Å². The summed E-state index contributed by atoms with van der Waals surface area (Å²) in [6.45, 7) is 6.32. The van der Waals surface area contributed by atoms with Crippen molar-refractivity contribution in [3.05, 3.63) is 45.7 Å². The molecule has 0 radical (unpaired) electrons. The quantitative estimate of drug-likeness (QED) is 0.909. The van der Waals surface area contributed by atoms with Crippen molar-refractivity contribution in [1.29, 1.82) is 0 Å². The average Bonchev–Trinajstić information content (AvgIpc) is 2.60. The Bertz CT molecular complexity index is 816. The molecule has 4 heteroatoms. The number of hydrogen-bond acceptors (Lipinski definition) is 2. The molecule has 25 heavy (non-hydrogen) atoms. The number of H-pyrrole nitrogens is 1. The van der Waals surface area contributed by atoms with Gasteiger partial charge >= 0.3 is 0 Å². The molecular weight excluding hydrogens is 312 g/mol. The van der Waals surface area contributed by atoms with Gasteiger partial charge in [-0.15, -0.1) is 0 Å². The molecule has 1 heterocycles. The van der Waals surface area contributed by atoms with E-state index in [0.717, 1.165) is 29.3 Å². The van der Waals surface area contributed by atoms with Gasteiger partial charge in [0.2, 0.25) is 5.91 Å². The molecule has 3 rings (SSSR count). The van der Waals surface area contributed by atoms with E-state index in [1.807, 2.05) is 43.9 Å². The van der Waals surface area contributed by atoms with Crippen LogP contribution in [0.25, 0.3) is 10.9 Å². The van der Waals surface area contributed by atoms with Crippen molar-refractivity contribution in [2.45, 2.75) is 65.5 Å². The highest BCUT2D eigenvalue weighted by molar-refractivity contribution is 5.80. The first-order chi connectivity index (χ1) is 12.0. The number of nitrogens with one attached hydrogen (secondary N) is 1. The third-order valence-electron chi connectivity index (χ3n) is 5.21. The largest absolute Gasteiger partial charge is 0.335 e. The van der Waals surface area contributed by atoms with Crippen LogP contribution >= 0.6 is 0 Å². The van der Waals surface area contributed by atoms with Crippen LogP contribution in [0.3, 0.4) is 0 Å². The van der Waals surface area contributed by atoms with E-state index in [4.69, 9.17) is 0 Å². The highest BCUT2D eigenvalue weighted by atomic mass is 16.2. The minimum Gasteiger partial charge on any atom is -0.335 e. The SMILES string of the molecule is Cc1ccc2[nH]c(=O)c(CN(C(=O)C(C)C)C3CCCCC3)cc2c1. The van der Waals surface area contributed by atoms with Crippen LogP contribution in [0.5, 0.6) is 0 Å². The van der Waals surface area contributed by atoms with E-state index in [1.54, 1.807) is 0 Å². The number of nitrogens with zero attached hydrogens (tertiary/aromatic N) is 1. The summed E-state index contributed by atoms with van der Waals surface area (Å²) >= 11 is 0. The minimum absolute atomic E-state index is 0.0521. The summed E-state index contributed by atoms with van der Waals surface area (Å²) in [5.41, 5.74) is 2.60. The number of carbonyl (C=O) groups excluding carboxylic acids is 1. The van der Waals surface area contributed by atoms with Gasteiger partial charge in [0, 0.05) is 23.0 Å². The fraction of sp³-hybridized carbons (Fsp3) is 0.524. The number of pyridine rings is 1. The van der Waals surface area contributed by atoms with Gasteiger partial charge in [0.15, 0.2) is 0 Å². The second-order valence-corrected chi connectivity index (χ2v) is 7.63. The van der Waals surface area contributed by atoms with Gasteiger partial charge in [-0.1, -0.05) is 44.7 Å². The van der Waals surface area contributed by atoms with Crippen molar-refractivity contribution in [3.8, 4) is 0 Å². The number of aryl methyl sites for hydroxylation is 1. The Hall–Kier alpha value is -2.10. The Labute approximate surface area is 149 Å². The molecule has 1 N–H and O–H groups in total. The lowest BCUT2D eigenvalue weighted by Crippen LogP contribution is -2.43. The maximum absolute atomic E-state index is 12.8. The number of rotatable bonds is 4. The molecule has 1 aliphatic rings. The number of aromatic amines is 1. The lowest BCUT2D eigenvalue weighted by molar-refractivity contribution is -0.138. The van der Waals surface area contributed by atoms with Gasteiger partial charge in [-0.25, -0.2) is 0 Å². The third kappa shape index (κ3) is 3.94. The summed E-state index contributed by atoms with van der Waals surface area (Å²) < 4.78 is 0. The van der Waals surface area contributed by atoms with E-state index in [2.05, 4.69) is 11.1 Å². The van der Waals surface area contributed by atoms with Gasteiger partial charge in [-0.3, -0.25) is 9.59 Å². The number of amides is 1. The standard InChI is InChI=1S/C21H28N2O2/c1-14(2)21(25)23(18-7-5-4-6-8-18)13-17-12-16-11-15(3)9-10-19(16)22-20(17)24/h9-12,14,18H,4-8,13H2,1-3H3,(H,22,24). The first kappa shape index (κ1) is 17.7. The number of benzene rings is 1. The molecule has 134 valence electrons. The Kier molecular flexibility index (Phi) is 5.26. The van der Waals surface area contributed by atoms with Gasteiger partial charge in [0.1, 0.15) is 0 Å². The number of hydrogen-bond donors (Lipinski definition) is 1. The lowest BCUT2D eigenvalue weighted by atomic mass is 9.93. The first-order valence-electron chi connectivity index (χ1n) is 9.39. The average molecular weight is 340 g/mol. The maximum Gasteiger partial charge on any atom is 0.253 e. The van der Waals surface area contributed by atoms with Crippen LogP contribution in [0.15, 0.2) is 29.1 Å². The molecule has 1 aliphatic carbocycles. The fourth-order valence-corrected chi connectivity index (χ4v) is 3.78. The van der Waals surface area contributed by atoms with Crippen LogP contribution in [-0.2, 0) is 11.3 Å². The summed E-state index contributed by atoms with van der Waals surface area (Å²) in [6.07, 6.45) is 5.67. The molecule has 2 aromatic rings. The Morgan fingerprint density at radius 3 is 2.60 bits per heavy atom. The molecular formula is C21H28N2O2. The van der Waals surface area contributed by atoms with Crippen molar-refractivity contribution in [2.24, 2.45) is 5.92 Å². The second kappa shape index (κ2) is 7.42. The molecule has 1 amide bonds. The zero-order valence-corrected chi connectivity index (χ0v) is 15.5. The molecule has 4 nitrogen and oxygen atoms in total. The summed E-state index contributed by atoms with van der Waals surface area (Å²) in [5, 5.41) is 1.02. The number of aromatic nitrogens is 1. The molecule has 0 saturated heterocycles. The van der Waals surface area contributed by atoms with E-state index >= 15 is 0 Å². The predicted octanol–water partition coefficient (Wildman–Crippen LogP) is 4.15. The van der Waals surface area contributed by atoms with Crippen LogP contribution in [0.2, 0.25) is 0 Å². The normalized spacial score (nSPS) is 15.7. The van der Waals surface area contributed by atoms with Crippen LogP contribution in [0.4, 0.5) is 0 Å². The van der Waals surface area contributed by atoms with E-state index in [1.165, 1.54) is 19.3 Å². The topological polar surface area (TPSA) is 53.2 Å². The first-order valence-corrected chi connectivity index (χ1v) is 9.39. The van der Waals surface area contributed by atoms with Crippen molar-refractivity contribution in [3.63, 3.8) is 0 Å². The monoisotopic (exact) mass is 340 g/mol. The molecule has 1 aromatic heterocycles. The maximum atomic E-state index is 12.8. The van der Waals surface area contributed by atoms with Crippen molar-refractivity contribution < 1.29 is 4.79 Å². The molecule has 1 saturated carbocycles. The number of carbonyl (C=O) groups is 1. The summed E-state index contributed by atoms with van der Waals surface area (Å²) in [5.74, 6) is 0.0966. The van der Waals surface area contributed by atoms with E-state index in [0.29, 0.717) is 12.1 Å². The Balaban J connectivity index is 1.95. The Morgan fingerprint density at radius 1 is 1.20 bits per heavy atom. The van der Waals surface area contributed by atoms with Gasteiger partial charge in [-0.2, -0.15) is 0 Å². The smallest absolute Gasteiger partial charge is 0.253 e. The molecule has 0 aliphatic heterocycles. The van der Waals surface area contributed by atoms with Gasteiger partial charge in [-0.05, 0) is 43.4 Å². The molecule has 0 unspecified atom stereocenters. The van der Waals surface area contributed by atoms with E-state index in [-0.39, 0.29) is 23.4 Å². The van der Waals surface area contributed by atoms with Crippen LogP contribution in [0, 0.1) is 12.8 Å². The van der Waals surface area contributed by atoms with Crippen molar-refractivity contribution in [2.75, 3.05) is 0 Å². The summed E-state index contributed by atoms with van der Waals surface area (Å²) in [6, 6.07) is 8.22. The third-order valence-corrected chi connectivity index (χ3v) is 5.21.